The van der Waals surface area contributed by atoms with E-state index in [4.69, 9.17) is 14.2 Å². The van der Waals surface area contributed by atoms with E-state index in [1.165, 1.54) is 19.2 Å². The largest absolute Gasteiger partial charge is 0.467 e. The molecule has 0 aliphatic carbocycles. The number of nitrogens with one attached hydrogen (secondary N) is 1. The minimum absolute atomic E-state index is 0.104. The first-order valence-corrected chi connectivity index (χ1v) is 11.3. The fourth-order valence-corrected chi connectivity index (χ4v) is 4.28. The van der Waals surface area contributed by atoms with E-state index in [1.54, 1.807) is 36.2 Å². The normalized spacial score (nSPS) is 24.5. The second-order valence-electron chi connectivity index (χ2n) is 8.99. The van der Waals surface area contributed by atoms with Crippen LogP contribution in [-0.4, -0.2) is 75.4 Å². The molecular formula is C24H26FN5O5. The van der Waals surface area contributed by atoms with Crippen molar-refractivity contribution in [1.29, 1.82) is 0 Å². The van der Waals surface area contributed by atoms with Crippen molar-refractivity contribution in [2.45, 2.75) is 25.7 Å². The zero-order valence-corrected chi connectivity index (χ0v) is 19.4. The molecule has 1 unspecified atom stereocenters. The number of halogens is 1. The Hall–Kier alpha value is -3.41. The van der Waals surface area contributed by atoms with Crippen molar-refractivity contribution in [3.63, 3.8) is 0 Å². The maximum absolute atomic E-state index is 13.5. The van der Waals surface area contributed by atoms with Gasteiger partial charge in [-0.05, 0) is 43.7 Å². The Bertz CT molecular complexity index is 1210. The number of likely N-dealkylation sites (tertiary alicyclic amines) is 1. The van der Waals surface area contributed by atoms with Gasteiger partial charge in [0.05, 0.1) is 48.9 Å². The second kappa shape index (κ2) is 9.33. The van der Waals surface area contributed by atoms with Crippen LogP contribution in [0.15, 0.2) is 36.5 Å². The van der Waals surface area contributed by atoms with Crippen LogP contribution in [0.25, 0.3) is 22.6 Å². The van der Waals surface area contributed by atoms with Crippen LogP contribution in [0.5, 0.6) is 6.01 Å². The molecule has 10 nitrogen and oxygen atoms in total. The first-order valence-electron chi connectivity index (χ1n) is 11.3. The molecule has 2 fully saturated rings. The van der Waals surface area contributed by atoms with Crippen LogP contribution in [0.2, 0.25) is 0 Å². The number of imidazole rings is 1. The molecule has 3 aromatic rings. The SMILES string of the molecule is COc1nccc(-c2[nH]c(C3OCC(C)(C(=O)N4CCC(O)C4)CO3)nc2-c2ccc(F)cc2)n1. The van der Waals surface area contributed by atoms with Crippen molar-refractivity contribution in [2.75, 3.05) is 33.4 Å². The van der Waals surface area contributed by atoms with E-state index < -0.39 is 17.8 Å². The van der Waals surface area contributed by atoms with Gasteiger partial charge in [0.2, 0.25) is 12.2 Å². The first kappa shape index (κ1) is 23.3. The zero-order chi connectivity index (χ0) is 24.6. The van der Waals surface area contributed by atoms with Crippen LogP contribution in [0.3, 0.4) is 0 Å². The van der Waals surface area contributed by atoms with Crippen LogP contribution in [0.1, 0.15) is 25.5 Å². The molecule has 0 bridgehead atoms. The lowest BCUT2D eigenvalue weighted by molar-refractivity contribution is -0.234. The highest BCUT2D eigenvalue weighted by Gasteiger charge is 2.44. The molecule has 0 saturated carbocycles. The number of benzene rings is 1. The van der Waals surface area contributed by atoms with Gasteiger partial charge in [0.25, 0.3) is 0 Å². The lowest BCUT2D eigenvalue weighted by Gasteiger charge is -2.37. The van der Waals surface area contributed by atoms with Crippen molar-refractivity contribution in [3.8, 4) is 28.7 Å². The van der Waals surface area contributed by atoms with E-state index in [0.717, 1.165) is 0 Å². The highest BCUT2D eigenvalue weighted by Crippen LogP contribution is 2.36. The van der Waals surface area contributed by atoms with Crippen LogP contribution in [0, 0.1) is 11.2 Å². The number of carbonyl (C=O) groups is 1. The fraction of sp³-hybridized carbons (Fsp3) is 0.417. The molecule has 2 aliphatic rings. The summed E-state index contributed by atoms with van der Waals surface area (Å²) in [4.78, 5) is 31.0. The molecule has 5 rings (SSSR count). The Morgan fingerprint density at radius 1 is 1.23 bits per heavy atom. The second-order valence-corrected chi connectivity index (χ2v) is 8.99. The number of nitrogens with zero attached hydrogens (tertiary/aromatic N) is 4. The van der Waals surface area contributed by atoms with E-state index in [1.807, 2.05) is 0 Å². The zero-order valence-electron chi connectivity index (χ0n) is 19.4. The molecular weight excluding hydrogens is 457 g/mol. The van der Waals surface area contributed by atoms with Crippen molar-refractivity contribution in [3.05, 3.63) is 48.2 Å². The van der Waals surface area contributed by atoms with Gasteiger partial charge in [-0.3, -0.25) is 4.79 Å². The predicted octanol–water partition coefficient (Wildman–Crippen LogP) is 2.33. The summed E-state index contributed by atoms with van der Waals surface area (Å²) >= 11 is 0. The number of aromatic nitrogens is 4. The lowest BCUT2D eigenvalue weighted by Crippen LogP contribution is -2.49. The van der Waals surface area contributed by atoms with Gasteiger partial charge in [0.1, 0.15) is 5.82 Å². The van der Waals surface area contributed by atoms with Gasteiger partial charge >= 0.3 is 6.01 Å². The monoisotopic (exact) mass is 483 g/mol. The number of H-pyrrole nitrogens is 1. The topological polar surface area (TPSA) is 123 Å². The van der Waals surface area contributed by atoms with Crippen LogP contribution < -0.4 is 4.74 Å². The van der Waals surface area contributed by atoms with Crippen LogP contribution in [0.4, 0.5) is 4.39 Å². The van der Waals surface area contributed by atoms with Gasteiger partial charge in [0, 0.05) is 24.8 Å². The number of aliphatic hydroxyl groups is 1. The van der Waals surface area contributed by atoms with Gasteiger partial charge in [-0.25, -0.2) is 14.4 Å². The fourth-order valence-electron chi connectivity index (χ4n) is 4.28. The standard InChI is InChI=1S/C24H26FN5O5/c1-24(22(32)30-10-8-16(31)11-30)12-34-21(35-13-24)20-28-18(14-3-5-15(25)6-4-14)19(29-20)17-7-9-26-23(27-17)33-2/h3-7,9,16,21,31H,8,10-13H2,1-2H3,(H,28,29). The highest BCUT2D eigenvalue weighted by molar-refractivity contribution is 5.83. The quantitative estimate of drug-likeness (QED) is 0.567. The third-order valence-electron chi connectivity index (χ3n) is 6.21. The Kier molecular flexibility index (Phi) is 6.22. The minimum atomic E-state index is -0.865. The van der Waals surface area contributed by atoms with Crippen molar-refractivity contribution < 1.29 is 28.5 Å². The summed E-state index contributed by atoms with van der Waals surface area (Å²) in [6.07, 6.45) is 0.807. The van der Waals surface area contributed by atoms with E-state index >= 15 is 0 Å². The Balaban J connectivity index is 1.41. The van der Waals surface area contributed by atoms with Crippen LogP contribution >= 0.6 is 0 Å². The summed E-state index contributed by atoms with van der Waals surface area (Å²) in [6.45, 7) is 2.90. The average Bonchev–Trinajstić information content (AvgIpc) is 3.51. The summed E-state index contributed by atoms with van der Waals surface area (Å²) in [5.41, 5.74) is 1.43. The Morgan fingerprint density at radius 2 is 1.97 bits per heavy atom. The molecule has 11 heteroatoms. The van der Waals surface area contributed by atoms with E-state index in [9.17, 15) is 14.3 Å². The Morgan fingerprint density at radius 3 is 2.63 bits per heavy atom. The van der Waals surface area contributed by atoms with Crippen molar-refractivity contribution >= 4 is 5.91 Å². The number of hydrogen-bond donors (Lipinski definition) is 2. The molecule has 2 aliphatic heterocycles. The molecule has 4 heterocycles. The maximum atomic E-state index is 13.5. The number of amides is 1. The minimum Gasteiger partial charge on any atom is -0.467 e. The molecule has 0 spiro atoms. The molecule has 1 aromatic carbocycles. The van der Waals surface area contributed by atoms with Gasteiger partial charge in [-0.1, -0.05) is 0 Å². The van der Waals surface area contributed by atoms with Gasteiger partial charge in [-0.2, -0.15) is 4.98 Å². The third kappa shape index (κ3) is 4.62. The van der Waals surface area contributed by atoms with E-state index in [2.05, 4.69) is 19.9 Å². The predicted molar refractivity (Wildman–Crippen MR) is 122 cm³/mol. The molecule has 2 aromatic heterocycles. The number of ether oxygens (including phenoxy) is 3. The summed E-state index contributed by atoms with van der Waals surface area (Å²) < 4.78 is 30.6. The molecule has 2 saturated heterocycles. The summed E-state index contributed by atoms with van der Waals surface area (Å²) in [7, 11) is 1.48. The van der Waals surface area contributed by atoms with Crippen molar-refractivity contribution in [2.24, 2.45) is 5.41 Å². The number of hydrogen-bond acceptors (Lipinski definition) is 8. The number of aromatic amines is 1. The number of carbonyl (C=O) groups excluding carboxylic acids is 1. The average molecular weight is 484 g/mol. The molecule has 1 amide bonds. The van der Waals surface area contributed by atoms with Gasteiger partial charge in [0.15, 0.2) is 5.82 Å². The van der Waals surface area contributed by atoms with E-state index in [-0.39, 0.29) is 30.9 Å². The van der Waals surface area contributed by atoms with Crippen LogP contribution in [-0.2, 0) is 14.3 Å². The van der Waals surface area contributed by atoms with Gasteiger partial charge < -0.3 is 29.2 Å². The summed E-state index contributed by atoms with van der Waals surface area (Å²) in [6, 6.07) is 7.85. The highest BCUT2D eigenvalue weighted by atomic mass is 19.1. The maximum Gasteiger partial charge on any atom is 0.316 e. The molecule has 1 atom stereocenters. The molecule has 2 N–H and O–H groups in total. The number of aliphatic hydroxyl groups excluding tert-OH is 1. The number of β-amino-alcohol motifs (C(OH)–C–C–N with tert-alkyl or cyclic N) is 1. The van der Waals surface area contributed by atoms with Crippen molar-refractivity contribution in [1.82, 2.24) is 24.8 Å². The summed E-state index contributed by atoms with van der Waals surface area (Å²) in [5, 5.41) is 9.78. The number of rotatable bonds is 5. The molecule has 0 radical (unpaired) electrons. The smallest absolute Gasteiger partial charge is 0.316 e. The first-order chi connectivity index (χ1) is 16.9. The van der Waals surface area contributed by atoms with Gasteiger partial charge in [-0.15, -0.1) is 0 Å². The third-order valence-corrected chi connectivity index (χ3v) is 6.21. The Labute approximate surface area is 201 Å². The summed E-state index contributed by atoms with van der Waals surface area (Å²) in [5.74, 6) is -0.0705. The van der Waals surface area contributed by atoms with E-state index in [0.29, 0.717) is 48.0 Å². The molecule has 184 valence electrons. The number of methoxy groups -OCH3 is 1. The molecule has 35 heavy (non-hydrogen) atoms. The lowest BCUT2D eigenvalue weighted by atomic mass is 9.90.